The summed E-state index contributed by atoms with van der Waals surface area (Å²) in [6.07, 6.45) is 0. The summed E-state index contributed by atoms with van der Waals surface area (Å²) in [4.78, 5) is 46.2. The van der Waals surface area contributed by atoms with E-state index in [4.69, 9.17) is 28.4 Å². The van der Waals surface area contributed by atoms with Crippen LogP contribution < -0.4 is 29.6 Å². The van der Waals surface area contributed by atoms with Crippen LogP contribution in [0.25, 0.3) is 0 Å². The lowest BCUT2D eigenvalue weighted by atomic mass is 10.3. The monoisotopic (exact) mass is 592 g/mol. The summed E-state index contributed by atoms with van der Waals surface area (Å²) in [5.41, 5.74) is 0. The molecule has 0 bridgehead atoms. The van der Waals surface area contributed by atoms with E-state index in [0.29, 0.717) is 49.3 Å². The van der Waals surface area contributed by atoms with Crippen molar-refractivity contribution < 1.29 is 57.1 Å². The minimum Gasteiger partial charge on any atom is -0.484 e. The van der Waals surface area contributed by atoms with Gasteiger partial charge in [0.25, 0.3) is 11.8 Å². The predicted octanol–water partition coefficient (Wildman–Crippen LogP) is 0.514. The van der Waals surface area contributed by atoms with Crippen LogP contribution in [0.1, 0.15) is 0 Å². The van der Waals surface area contributed by atoms with Crippen molar-refractivity contribution in [1.82, 2.24) is 10.6 Å². The highest BCUT2D eigenvalue weighted by molar-refractivity contribution is 5.78. The molecule has 2 amide bonds. The van der Waals surface area contributed by atoms with Gasteiger partial charge in [0, 0.05) is 25.2 Å². The molecule has 0 aromatic heterocycles. The smallest absolute Gasteiger partial charge is 0.343 e. The molecular formula is C28H36N2O12. The van der Waals surface area contributed by atoms with E-state index in [9.17, 15) is 19.2 Å². The van der Waals surface area contributed by atoms with Gasteiger partial charge in [0.05, 0.1) is 40.6 Å². The fourth-order valence-corrected chi connectivity index (χ4v) is 2.96. The molecule has 0 unspecified atom stereocenters. The van der Waals surface area contributed by atoms with Crippen molar-refractivity contribution >= 4 is 23.8 Å². The predicted molar refractivity (Wildman–Crippen MR) is 147 cm³/mol. The van der Waals surface area contributed by atoms with Crippen LogP contribution in [0.15, 0.2) is 48.5 Å². The number of amides is 2. The molecule has 0 heterocycles. The van der Waals surface area contributed by atoms with Crippen molar-refractivity contribution in [2.45, 2.75) is 0 Å². The number of esters is 2. The average molecular weight is 593 g/mol. The zero-order chi connectivity index (χ0) is 30.4. The van der Waals surface area contributed by atoms with E-state index in [2.05, 4.69) is 20.1 Å². The van der Waals surface area contributed by atoms with Gasteiger partial charge in [-0.25, -0.2) is 9.59 Å². The maximum absolute atomic E-state index is 11.9. The van der Waals surface area contributed by atoms with Crippen molar-refractivity contribution in [2.75, 3.05) is 80.2 Å². The molecule has 0 radical (unpaired) electrons. The summed E-state index contributed by atoms with van der Waals surface area (Å²) < 4.78 is 41.2. The number of carbonyl (C=O) groups excluding carboxylic acids is 4. The maximum Gasteiger partial charge on any atom is 0.343 e. The molecule has 0 spiro atoms. The molecule has 2 aromatic rings. The van der Waals surface area contributed by atoms with Crippen LogP contribution in [-0.2, 0) is 38.1 Å². The van der Waals surface area contributed by atoms with Gasteiger partial charge < -0.3 is 48.5 Å². The molecule has 2 aromatic carbocycles. The fraction of sp³-hybridized carbons (Fsp3) is 0.429. The molecule has 14 heteroatoms. The van der Waals surface area contributed by atoms with E-state index >= 15 is 0 Å². The Kier molecular flexibility index (Phi) is 16.3. The summed E-state index contributed by atoms with van der Waals surface area (Å²) in [6.45, 7) is 0.940. The van der Waals surface area contributed by atoms with Crippen molar-refractivity contribution in [3.05, 3.63) is 48.5 Å². The molecular weight excluding hydrogens is 556 g/mol. The van der Waals surface area contributed by atoms with Gasteiger partial charge in [0.15, 0.2) is 26.4 Å². The minimum absolute atomic E-state index is 0.196. The second-order valence-corrected chi connectivity index (χ2v) is 8.18. The molecule has 2 N–H and O–H groups in total. The number of hydrogen-bond acceptors (Lipinski definition) is 12. The summed E-state index contributed by atoms with van der Waals surface area (Å²) in [6, 6.07) is 13.1. The zero-order valence-electron chi connectivity index (χ0n) is 23.6. The molecule has 0 aliphatic rings. The second-order valence-electron chi connectivity index (χ2n) is 8.18. The van der Waals surface area contributed by atoms with Crippen LogP contribution in [0.4, 0.5) is 0 Å². The normalized spacial score (nSPS) is 10.2. The molecule has 0 fully saturated rings. The van der Waals surface area contributed by atoms with Gasteiger partial charge >= 0.3 is 11.9 Å². The standard InChI is InChI=1S/C28H36N2O12/c1-35-27(33)19-41-23-7-3-5-21(15-23)39-17-25(31)29-9-11-37-13-14-38-12-10-30-26(32)18-40-22-6-4-8-24(16-22)42-20-28(34)36-2/h3-8,15-16H,9-14,17-20H2,1-2H3,(H,29,31)(H,30,32). The Labute approximate surface area is 243 Å². The highest BCUT2D eigenvalue weighted by Crippen LogP contribution is 2.20. The van der Waals surface area contributed by atoms with E-state index in [1.54, 1.807) is 48.5 Å². The van der Waals surface area contributed by atoms with Gasteiger partial charge in [-0.3, -0.25) is 9.59 Å². The Balaban J connectivity index is 1.44. The summed E-state index contributed by atoms with van der Waals surface area (Å²) in [5.74, 6) is -0.0104. The number of hydrogen-bond donors (Lipinski definition) is 2. The lowest BCUT2D eigenvalue weighted by Crippen LogP contribution is -2.32. The molecule has 0 aliphatic carbocycles. The molecule has 2 rings (SSSR count). The molecule has 14 nitrogen and oxygen atoms in total. The first-order chi connectivity index (χ1) is 20.4. The molecule has 0 aliphatic heterocycles. The quantitative estimate of drug-likeness (QED) is 0.153. The average Bonchev–Trinajstić information content (AvgIpc) is 3.01. The maximum atomic E-state index is 11.9. The third-order valence-corrected chi connectivity index (χ3v) is 5.03. The van der Waals surface area contributed by atoms with Gasteiger partial charge in [0.1, 0.15) is 23.0 Å². The van der Waals surface area contributed by atoms with Crippen LogP contribution in [-0.4, -0.2) is 104 Å². The first kappa shape index (κ1) is 33.6. The summed E-state index contributed by atoms with van der Waals surface area (Å²) in [5, 5.41) is 5.34. The third-order valence-electron chi connectivity index (χ3n) is 5.03. The van der Waals surface area contributed by atoms with Gasteiger partial charge in [0.2, 0.25) is 0 Å². The van der Waals surface area contributed by atoms with E-state index in [0.717, 1.165) is 0 Å². The first-order valence-corrected chi connectivity index (χ1v) is 12.9. The molecule has 0 atom stereocenters. The van der Waals surface area contributed by atoms with E-state index < -0.39 is 11.9 Å². The van der Waals surface area contributed by atoms with Gasteiger partial charge in [-0.1, -0.05) is 12.1 Å². The van der Waals surface area contributed by atoms with Crippen molar-refractivity contribution in [2.24, 2.45) is 0 Å². The Hall–Kier alpha value is -4.56. The van der Waals surface area contributed by atoms with Crippen molar-refractivity contribution in [1.29, 1.82) is 0 Å². The molecule has 42 heavy (non-hydrogen) atoms. The largest absolute Gasteiger partial charge is 0.484 e. The van der Waals surface area contributed by atoms with Gasteiger partial charge in [-0.15, -0.1) is 0 Å². The highest BCUT2D eigenvalue weighted by Gasteiger charge is 2.07. The van der Waals surface area contributed by atoms with E-state index in [1.807, 2.05) is 0 Å². The fourth-order valence-electron chi connectivity index (χ4n) is 2.96. The van der Waals surface area contributed by atoms with Crippen LogP contribution >= 0.6 is 0 Å². The third kappa shape index (κ3) is 15.3. The van der Waals surface area contributed by atoms with E-state index in [-0.39, 0.29) is 51.5 Å². The second kappa shape index (κ2) is 20.3. The Morgan fingerprint density at radius 3 is 1.26 bits per heavy atom. The first-order valence-electron chi connectivity index (χ1n) is 12.9. The molecule has 0 saturated heterocycles. The number of ether oxygens (including phenoxy) is 8. The summed E-state index contributed by atoms with van der Waals surface area (Å²) >= 11 is 0. The summed E-state index contributed by atoms with van der Waals surface area (Å²) in [7, 11) is 2.54. The van der Waals surface area contributed by atoms with Crippen LogP contribution in [0.5, 0.6) is 23.0 Å². The minimum atomic E-state index is -0.507. The zero-order valence-corrected chi connectivity index (χ0v) is 23.6. The Morgan fingerprint density at radius 1 is 0.548 bits per heavy atom. The number of methoxy groups -OCH3 is 2. The number of benzene rings is 2. The Bertz CT molecular complexity index is 1040. The highest BCUT2D eigenvalue weighted by atomic mass is 16.6. The van der Waals surface area contributed by atoms with Gasteiger partial charge in [-0.2, -0.15) is 0 Å². The molecule has 230 valence electrons. The van der Waals surface area contributed by atoms with Crippen molar-refractivity contribution in [3.8, 4) is 23.0 Å². The molecule has 0 saturated carbocycles. The van der Waals surface area contributed by atoms with Crippen LogP contribution in [0, 0.1) is 0 Å². The number of nitrogens with one attached hydrogen (secondary N) is 2. The SMILES string of the molecule is COC(=O)COc1cccc(OCC(=O)NCCOCCOCCNC(=O)COc2cccc(OCC(=O)OC)c2)c1. The van der Waals surface area contributed by atoms with Crippen LogP contribution in [0.2, 0.25) is 0 Å². The lowest BCUT2D eigenvalue weighted by Gasteiger charge is -2.10. The number of carbonyl (C=O) groups is 4. The lowest BCUT2D eigenvalue weighted by molar-refractivity contribution is -0.143. The topological polar surface area (TPSA) is 166 Å². The van der Waals surface area contributed by atoms with Crippen LogP contribution in [0.3, 0.4) is 0 Å². The Morgan fingerprint density at radius 2 is 0.905 bits per heavy atom. The van der Waals surface area contributed by atoms with Crippen molar-refractivity contribution in [3.63, 3.8) is 0 Å². The van der Waals surface area contributed by atoms with Gasteiger partial charge in [-0.05, 0) is 24.3 Å². The van der Waals surface area contributed by atoms with E-state index in [1.165, 1.54) is 14.2 Å². The number of rotatable bonds is 21.